The minimum atomic E-state index is 0. The molecule has 0 aliphatic carbocycles. The van der Waals surface area contributed by atoms with Gasteiger partial charge in [0, 0.05) is 33.6 Å². The number of hydrogen-bond acceptors (Lipinski definition) is 0. The fraction of sp³-hybridized carbons (Fsp3) is 1.00. The third-order valence-electron chi connectivity index (χ3n) is 2.68. The number of rotatable bonds is 6. The Labute approximate surface area is 127 Å². The molecular weight excluding hydrogens is 324 g/mol. The molecule has 2 radical (unpaired) electrons. The standard InChI is InChI=1S/2C6H15P.2Co/c2*1-4-7(5-2)6-3;;/h2*4-6H2,1-3H3;;. The van der Waals surface area contributed by atoms with Crippen LogP contribution in [0.25, 0.3) is 0 Å². The summed E-state index contributed by atoms with van der Waals surface area (Å²) in [6.45, 7) is 13.7. The molecule has 0 fully saturated rings. The van der Waals surface area contributed by atoms with Gasteiger partial charge in [-0.25, -0.2) is 0 Å². The molecule has 0 rings (SSSR count). The summed E-state index contributed by atoms with van der Waals surface area (Å²) in [4.78, 5) is 0. The summed E-state index contributed by atoms with van der Waals surface area (Å²) in [6.07, 6.45) is 8.51. The van der Waals surface area contributed by atoms with Crippen molar-refractivity contribution in [3.63, 3.8) is 0 Å². The van der Waals surface area contributed by atoms with Crippen LogP contribution in [0.15, 0.2) is 0 Å². The Hall–Kier alpha value is 1.87. The smallest absolute Gasteiger partial charge is 0 e. The van der Waals surface area contributed by atoms with Crippen molar-refractivity contribution in [2.75, 3.05) is 37.0 Å². The fourth-order valence-electron chi connectivity index (χ4n) is 1.34. The normalized spacial score (nSPS) is 9.00. The Bertz CT molecular complexity index is 72.0. The zero-order valence-electron chi connectivity index (χ0n) is 11.8. The molecule has 0 aromatic rings. The molecule has 0 saturated carbocycles. The summed E-state index contributed by atoms with van der Waals surface area (Å²) >= 11 is 0. The van der Waals surface area contributed by atoms with E-state index in [0.29, 0.717) is 15.8 Å². The molecule has 106 valence electrons. The molecule has 0 heterocycles. The predicted molar refractivity (Wildman–Crippen MR) is 77.1 cm³/mol. The molecule has 16 heavy (non-hydrogen) atoms. The van der Waals surface area contributed by atoms with Crippen LogP contribution in [0.4, 0.5) is 0 Å². The van der Waals surface area contributed by atoms with Gasteiger partial charge in [0.1, 0.15) is 0 Å². The first-order valence-corrected chi connectivity index (χ1v) is 9.93. The molecule has 0 saturated heterocycles. The summed E-state index contributed by atoms with van der Waals surface area (Å²) in [5.41, 5.74) is 0. The van der Waals surface area contributed by atoms with Crippen LogP contribution in [-0.4, -0.2) is 37.0 Å². The van der Waals surface area contributed by atoms with Crippen molar-refractivity contribution in [3.8, 4) is 0 Å². The van der Waals surface area contributed by atoms with Crippen LogP contribution in [0.3, 0.4) is 0 Å². The van der Waals surface area contributed by atoms with Gasteiger partial charge in [0.05, 0.1) is 0 Å². The summed E-state index contributed by atoms with van der Waals surface area (Å²) in [7, 11) is 0.892. The van der Waals surface area contributed by atoms with Crippen LogP contribution < -0.4 is 0 Å². The minimum Gasteiger partial charge on any atom is -0.108 e. The average Bonchev–Trinajstić information content (AvgIpc) is 2.24. The molecule has 0 N–H and O–H groups in total. The van der Waals surface area contributed by atoms with Gasteiger partial charge in [-0.05, 0) is 37.0 Å². The zero-order valence-corrected chi connectivity index (χ0v) is 15.7. The summed E-state index contributed by atoms with van der Waals surface area (Å²) in [5, 5.41) is 0. The first-order chi connectivity index (χ1) is 6.69. The first kappa shape index (κ1) is 26.4. The Morgan fingerprint density at radius 3 is 0.562 bits per heavy atom. The van der Waals surface area contributed by atoms with Crippen molar-refractivity contribution in [3.05, 3.63) is 0 Å². The van der Waals surface area contributed by atoms with Crippen LogP contribution in [0, 0.1) is 0 Å². The van der Waals surface area contributed by atoms with E-state index in [9.17, 15) is 0 Å². The molecule has 0 aromatic heterocycles. The van der Waals surface area contributed by atoms with Gasteiger partial charge in [0.25, 0.3) is 0 Å². The van der Waals surface area contributed by atoms with Crippen LogP contribution in [-0.2, 0) is 33.6 Å². The second kappa shape index (κ2) is 22.1. The third kappa shape index (κ3) is 18.2. The molecule has 0 amide bonds. The van der Waals surface area contributed by atoms with Gasteiger partial charge in [-0.2, -0.15) is 0 Å². The van der Waals surface area contributed by atoms with E-state index in [1.54, 1.807) is 0 Å². The Morgan fingerprint density at radius 2 is 0.562 bits per heavy atom. The zero-order chi connectivity index (χ0) is 11.4. The predicted octanol–water partition coefficient (Wildman–Crippen LogP) is 5.05. The van der Waals surface area contributed by atoms with Gasteiger partial charge in [0.2, 0.25) is 0 Å². The van der Waals surface area contributed by atoms with Crippen molar-refractivity contribution in [2.45, 2.75) is 41.5 Å². The quantitative estimate of drug-likeness (QED) is 0.586. The van der Waals surface area contributed by atoms with Crippen LogP contribution in [0.1, 0.15) is 41.5 Å². The van der Waals surface area contributed by atoms with E-state index in [4.69, 9.17) is 0 Å². The van der Waals surface area contributed by atoms with E-state index in [1.165, 1.54) is 37.0 Å². The maximum absolute atomic E-state index is 2.29. The van der Waals surface area contributed by atoms with Gasteiger partial charge in [-0.1, -0.05) is 41.5 Å². The summed E-state index contributed by atoms with van der Waals surface area (Å²) in [5.74, 6) is 0. The van der Waals surface area contributed by atoms with E-state index in [0.717, 1.165) is 0 Å². The molecule has 0 aliphatic rings. The van der Waals surface area contributed by atoms with Crippen LogP contribution in [0.2, 0.25) is 0 Å². The van der Waals surface area contributed by atoms with Gasteiger partial charge in [0.15, 0.2) is 0 Å². The van der Waals surface area contributed by atoms with E-state index in [1.807, 2.05) is 0 Å². The molecule has 4 heteroatoms. The largest absolute Gasteiger partial charge is 0.108 e. The maximum atomic E-state index is 2.29. The molecule has 0 unspecified atom stereocenters. The minimum absolute atomic E-state index is 0. The first-order valence-electron chi connectivity index (χ1n) is 6.14. The molecule has 0 spiro atoms. The second-order valence-electron chi connectivity index (χ2n) is 3.24. The summed E-state index contributed by atoms with van der Waals surface area (Å²) in [6, 6.07) is 0. The van der Waals surface area contributed by atoms with Crippen molar-refractivity contribution in [1.82, 2.24) is 0 Å². The van der Waals surface area contributed by atoms with Crippen molar-refractivity contribution >= 4 is 15.8 Å². The Morgan fingerprint density at radius 1 is 0.438 bits per heavy atom. The molecule has 0 aromatic carbocycles. The molecule has 0 bridgehead atoms. The second-order valence-corrected chi connectivity index (χ2v) is 9.72. The average molecular weight is 354 g/mol. The molecule has 0 atom stereocenters. The molecule has 0 aliphatic heterocycles. The van der Waals surface area contributed by atoms with E-state index < -0.39 is 0 Å². The van der Waals surface area contributed by atoms with E-state index in [-0.39, 0.29) is 33.6 Å². The van der Waals surface area contributed by atoms with Gasteiger partial charge < -0.3 is 0 Å². The topological polar surface area (TPSA) is 0 Å². The molecule has 0 nitrogen and oxygen atoms in total. The van der Waals surface area contributed by atoms with Crippen molar-refractivity contribution in [1.29, 1.82) is 0 Å². The van der Waals surface area contributed by atoms with Gasteiger partial charge in [-0.15, -0.1) is 15.8 Å². The summed E-state index contributed by atoms with van der Waals surface area (Å²) < 4.78 is 0. The SMILES string of the molecule is CCP(CC)CC.CCP(CC)CC.[Co].[Co]. The third-order valence-corrected chi connectivity index (χ3v) is 8.05. The Kier molecular flexibility index (Phi) is 36.5. The maximum Gasteiger partial charge on any atom is 0 e. The fourth-order valence-corrected chi connectivity index (χ4v) is 4.02. The van der Waals surface area contributed by atoms with Crippen LogP contribution >= 0.6 is 15.8 Å². The Balaban J connectivity index is -0.0000000800. The van der Waals surface area contributed by atoms with E-state index in [2.05, 4.69) is 41.5 Å². The van der Waals surface area contributed by atoms with Crippen molar-refractivity contribution < 1.29 is 33.6 Å². The van der Waals surface area contributed by atoms with Crippen molar-refractivity contribution in [2.24, 2.45) is 0 Å². The van der Waals surface area contributed by atoms with Gasteiger partial charge >= 0.3 is 0 Å². The number of hydrogen-bond donors (Lipinski definition) is 0. The van der Waals surface area contributed by atoms with Gasteiger partial charge in [-0.3, -0.25) is 0 Å². The van der Waals surface area contributed by atoms with Crippen LogP contribution in [0.5, 0.6) is 0 Å². The van der Waals surface area contributed by atoms with E-state index >= 15 is 0 Å². The molecular formula is C12H30Co2P2. The monoisotopic (exact) mass is 354 g/mol.